The summed E-state index contributed by atoms with van der Waals surface area (Å²) in [6.07, 6.45) is 1.67. The van der Waals surface area contributed by atoms with Gasteiger partial charge in [0.15, 0.2) is 0 Å². The first kappa shape index (κ1) is 24.0. The Bertz CT molecular complexity index is 1320. The van der Waals surface area contributed by atoms with Gasteiger partial charge in [-0.1, -0.05) is 18.1 Å². The molecule has 7 nitrogen and oxygen atoms in total. The van der Waals surface area contributed by atoms with Gasteiger partial charge in [-0.25, -0.2) is 18.1 Å². The van der Waals surface area contributed by atoms with Crippen molar-refractivity contribution in [3.63, 3.8) is 0 Å². The number of hydrogen-bond donors (Lipinski definition) is 2. The van der Waals surface area contributed by atoms with Crippen LogP contribution in [0.2, 0.25) is 0 Å². The van der Waals surface area contributed by atoms with E-state index < -0.39 is 21.5 Å². The molecule has 0 radical (unpaired) electrons. The van der Waals surface area contributed by atoms with E-state index in [2.05, 4.69) is 26.9 Å². The van der Waals surface area contributed by atoms with E-state index in [1.54, 1.807) is 45.2 Å². The van der Waals surface area contributed by atoms with Crippen LogP contribution in [0.5, 0.6) is 5.75 Å². The number of nitrogens with one attached hydrogen (secondary N) is 2. The summed E-state index contributed by atoms with van der Waals surface area (Å²) < 4.78 is 33.5. The largest absolute Gasteiger partial charge is 0.495 e. The Kier molecular flexibility index (Phi) is 7.16. The molecule has 2 N–H and O–H groups in total. The molecule has 0 spiro atoms. The van der Waals surface area contributed by atoms with Gasteiger partial charge in [0.05, 0.1) is 7.11 Å². The Labute approximate surface area is 194 Å². The lowest BCUT2D eigenvalue weighted by Gasteiger charge is -2.21. The van der Waals surface area contributed by atoms with Gasteiger partial charge < -0.3 is 10.1 Å². The highest BCUT2D eigenvalue weighted by Crippen LogP contribution is 2.26. The molecule has 3 aromatic rings. The fourth-order valence-electron chi connectivity index (χ4n) is 2.94. The third kappa shape index (κ3) is 6.65. The standard InChI is InChI=1S/C25H25N3O4S/c1-25(2,3)28-33(30,31)23-17-19(12-14-22(23)32-4)24(29)27-21-10-7-8-18(16-21)11-13-20-9-5-6-15-26-20/h5-10,12,14-17,28H,1-4H3,(H,27,29). The molecule has 0 bridgehead atoms. The second-order valence-electron chi connectivity index (χ2n) is 8.22. The summed E-state index contributed by atoms with van der Waals surface area (Å²) in [5.74, 6) is 5.67. The van der Waals surface area contributed by atoms with E-state index in [1.165, 1.54) is 25.3 Å². The smallest absolute Gasteiger partial charge is 0.255 e. The average Bonchev–Trinajstić information content (AvgIpc) is 2.76. The third-order valence-corrected chi connectivity index (χ3v) is 6.06. The molecule has 0 fully saturated rings. The van der Waals surface area contributed by atoms with Crippen LogP contribution in [0, 0.1) is 11.8 Å². The van der Waals surface area contributed by atoms with Crippen LogP contribution < -0.4 is 14.8 Å². The third-order valence-electron chi connectivity index (χ3n) is 4.28. The summed E-state index contributed by atoms with van der Waals surface area (Å²) in [5, 5.41) is 2.78. The lowest BCUT2D eigenvalue weighted by atomic mass is 10.1. The molecule has 1 aromatic heterocycles. The van der Waals surface area contributed by atoms with Crippen molar-refractivity contribution < 1.29 is 17.9 Å². The quantitative estimate of drug-likeness (QED) is 0.561. The number of sulfonamides is 1. The lowest BCUT2D eigenvalue weighted by Crippen LogP contribution is -2.40. The molecular formula is C25H25N3O4S. The fraction of sp³-hybridized carbons (Fsp3) is 0.200. The number of rotatable bonds is 5. The number of nitrogens with zero attached hydrogens (tertiary/aromatic N) is 1. The van der Waals surface area contributed by atoms with Crippen molar-refractivity contribution in [1.82, 2.24) is 9.71 Å². The first-order chi connectivity index (χ1) is 15.6. The van der Waals surface area contributed by atoms with Crippen molar-refractivity contribution in [3.05, 3.63) is 83.7 Å². The maximum Gasteiger partial charge on any atom is 0.255 e. The minimum absolute atomic E-state index is 0.109. The minimum atomic E-state index is -3.91. The van der Waals surface area contributed by atoms with Gasteiger partial charge >= 0.3 is 0 Å². The molecule has 8 heteroatoms. The van der Waals surface area contributed by atoms with E-state index in [9.17, 15) is 13.2 Å². The van der Waals surface area contributed by atoms with Crippen molar-refractivity contribution in [2.24, 2.45) is 0 Å². The topological polar surface area (TPSA) is 97.4 Å². The van der Waals surface area contributed by atoms with Crippen LogP contribution in [0.25, 0.3) is 0 Å². The van der Waals surface area contributed by atoms with E-state index in [0.717, 1.165) is 0 Å². The predicted molar refractivity (Wildman–Crippen MR) is 128 cm³/mol. The first-order valence-corrected chi connectivity index (χ1v) is 11.6. The maximum absolute atomic E-state index is 12.9. The number of benzene rings is 2. The zero-order chi connectivity index (χ0) is 24.1. The zero-order valence-corrected chi connectivity index (χ0v) is 19.7. The number of hydrogen-bond acceptors (Lipinski definition) is 5. The Morgan fingerprint density at radius 2 is 1.79 bits per heavy atom. The van der Waals surface area contributed by atoms with Gasteiger partial charge in [0.25, 0.3) is 5.91 Å². The first-order valence-electron chi connectivity index (χ1n) is 10.1. The summed E-state index contributed by atoms with van der Waals surface area (Å²) in [6.45, 7) is 5.20. The maximum atomic E-state index is 12.9. The number of aromatic nitrogens is 1. The normalized spacial score (nSPS) is 11.3. The summed E-state index contributed by atoms with van der Waals surface area (Å²) in [4.78, 5) is 16.9. The van der Waals surface area contributed by atoms with Crippen LogP contribution in [0.1, 0.15) is 42.4 Å². The van der Waals surface area contributed by atoms with Gasteiger partial charge in [0, 0.05) is 28.6 Å². The minimum Gasteiger partial charge on any atom is -0.495 e. The van der Waals surface area contributed by atoms with E-state index >= 15 is 0 Å². The van der Waals surface area contributed by atoms with E-state index in [0.29, 0.717) is 16.9 Å². The molecule has 0 atom stereocenters. The SMILES string of the molecule is COc1ccc(C(=O)Nc2cccc(C#Cc3ccccn3)c2)cc1S(=O)(=O)NC(C)(C)C. The lowest BCUT2D eigenvalue weighted by molar-refractivity contribution is 0.102. The number of ether oxygens (including phenoxy) is 1. The fourth-order valence-corrected chi connectivity index (χ4v) is 4.55. The van der Waals surface area contributed by atoms with E-state index in [1.807, 2.05) is 24.3 Å². The van der Waals surface area contributed by atoms with Crippen LogP contribution in [0.3, 0.4) is 0 Å². The number of carbonyl (C=O) groups excluding carboxylic acids is 1. The summed E-state index contributed by atoms with van der Waals surface area (Å²) in [7, 11) is -2.53. The molecule has 2 aromatic carbocycles. The van der Waals surface area contributed by atoms with Gasteiger partial charge in [0.1, 0.15) is 16.3 Å². The molecule has 3 rings (SSSR count). The van der Waals surface area contributed by atoms with Gasteiger partial charge in [-0.05, 0) is 75.2 Å². The molecule has 1 heterocycles. The zero-order valence-electron chi connectivity index (χ0n) is 18.8. The second kappa shape index (κ2) is 9.86. The van der Waals surface area contributed by atoms with Crippen molar-refractivity contribution >= 4 is 21.6 Å². The summed E-state index contributed by atoms with van der Waals surface area (Å²) >= 11 is 0. The van der Waals surface area contributed by atoms with Crippen LogP contribution in [0.15, 0.2) is 71.8 Å². The highest BCUT2D eigenvalue weighted by molar-refractivity contribution is 7.89. The monoisotopic (exact) mass is 463 g/mol. The molecule has 0 aliphatic heterocycles. The Hall–Kier alpha value is -3.67. The Morgan fingerprint density at radius 3 is 2.45 bits per heavy atom. The van der Waals surface area contributed by atoms with E-state index in [4.69, 9.17) is 4.74 Å². The second-order valence-corrected chi connectivity index (χ2v) is 9.87. The van der Waals surface area contributed by atoms with Crippen molar-refractivity contribution in [2.45, 2.75) is 31.2 Å². The number of carbonyl (C=O) groups is 1. The van der Waals surface area contributed by atoms with Gasteiger partial charge in [-0.3, -0.25) is 4.79 Å². The average molecular weight is 464 g/mol. The number of anilines is 1. The molecule has 1 amide bonds. The van der Waals surface area contributed by atoms with Crippen molar-refractivity contribution in [1.29, 1.82) is 0 Å². The predicted octanol–water partition coefficient (Wildman–Crippen LogP) is 3.82. The number of methoxy groups -OCH3 is 1. The van der Waals surface area contributed by atoms with Crippen molar-refractivity contribution in [2.75, 3.05) is 12.4 Å². The molecule has 0 unspecified atom stereocenters. The van der Waals surface area contributed by atoms with Crippen LogP contribution in [-0.2, 0) is 10.0 Å². The molecule has 0 aliphatic carbocycles. The number of amides is 1. The Morgan fingerprint density at radius 1 is 1.00 bits per heavy atom. The molecule has 0 saturated carbocycles. The summed E-state index contributed by atoms with van der Waals surface area (Å²) in [5.41, 5.74) is 1.35. The summed E-state index contributed by atoms with van der Waals surface area (Å²) in [6, 6.07) is 16.8. The van der Waals surface area contributed by atoms with Crippen LogP contribution in [-0.4, -0.2) is 32.0 Å². The number of pyridine rings is 1. The highest BCUT2D eigenvalue weighted by Gasteiger charge is 2.26. The molecule has 0 aliphatic rings. The van der Waals surface area contributed by atoms with E-state index in [-0.39, 0.29) is 16.2 Å². The highest BCUT2D eigenvalue weighted by atomic mass is 32.2. The molecule has 33 heavy (non-hydrogen) atoms. The Balaban J connectivity index is 1.84. The molecular weight excluding hydrogens is 438 g/mol. The van der Waals surface area contributed by atoms with Gasteiger partial charge in [-0.15, -0.1) is 0 Å². The van der Waals surface area contributed by atoms with Crippen molar-refractivity contribution in [3.8, 4) is 17.6 Å². The van der Waals surface area contributed by atoms with Crippen LogP contribution >= 0.6 is 0 Å². The van der Waals surface area contributed by atoms with Crippen LogP contribution in [0.4, 0.5) is 5.69 Å². The van der Waals surface area contributed by atoms with Gasteiger partial charge in [-0.2, -0.15) is 0 Å². The molecule has 0 saturated heterocycles. The van der Waals surface area contributed by atoms with Gasteiger partial charge in [0.2, 0.25) is 10.0 Å². The molecule has 170 valence electrons.